The molecule has 0 spiro atoms. The van der Waals surface area contributed by atoms with Crippen molar-refractivity contribution in [3.05, 3.63) is 82.9 Å². The zero-order chi connectivity index (χ0) is 21.2. The number of aryl methyl sites for hydroxylation is 1. The number of nitrogens with one attached hydrogen (secondary N) is 1. The SMILES string of the molecule is COCc1cc(-c2nc(-c3ccc4c(c3)CNCC4)no2)ccc1-c1ccccc1C.Cl. The van der Waals surface area contributed by atoms with Crippen molar-refractivity contribution in [1.82, 2.24) is 15.5 Å². The molecular formula is C26H26ClN3O2. The van der Waals surface area contributed by atoms with Crippen LogP contribution in [-0.4, -0.2) is 23.8 Å². The Morgan fingerprint density at radius 2 is 1.81 bits per heavy atom. The summed E-state index contributed by atoms with van der Waals surface area (Å²) in [6.45, 7) is 4.55. The van der Waals surface area contributed by atoms with Gasteiger partial charge in [0.2, 0.25) is 5.82 Å². The molecule has 0 saturated carbocycles. The Bertz CT molecular complexity index is 1240. The predicted molar refractivity (Wildman–Crippen MR) is 129 cm³/mol. The van der Waals surface area contributed by atoms with Crippen molar-refractivity contribution >= 4 is 12.4 Å². The van der Waals surface area contributed by atoms with Gasteiger partial charge in [-0.3, -0.25) is 0 Å². The Hall–Kier alpha value is -2.99. The third-order valence-corrected chi connectivity index (χ3v) is 5.86. The lowest BCUT2D eigenvalue weighted by Crippen LogP contribution is -2.23. The first-order valence-corrected chi connectivity index (χ1v) is 10.6. The summed E-state index contributed by atoms with van der Waals surface area (Å²) in [4.78, 5) is 4.68. The van der Waals surface area contributed by atoms with Crippen LogP contribution in [0.25, 0.3) is 34.0 Å². The molecule has 6 heteroatoms. The normalized spacial score (nSPS) is 12.8. The third-order valence-electron chi connectivity index (χ3n) is 5.86. The molecule has 3 aromatic carbocycles. The van der Waals surface area contributed by atoms with Crippen LogP contribution in [0.15, 0.2) is 65.2 Å². The van der Waals surface area contributed by atoms with Gasteiger partial charge in [0.25, 0.3) is 5.89 Å². The molecule has 0 fully saturated rings. The van der Waals surface area contributed by atoms with Gasteiger partial charge >= 0.3 is 0 Å². The number of halogens is 1. The number of benzene rings is 3. The fourth-order valence-electron chi connectivity index (χ4n) is 4.22. The highest BCUT2D eigenvalue weighted by Gasteiger charge is 2.16. The maximum atomic E-state index is 5.63. The van der Waals surface area contributed by atoms with Crippen molar-refractivity contribution in [3.8, 4) is 34.0 Å². The molecule has 1 aromatic heterocycles. The van der Waals surface area contributed by atoms with Crippen molar-refractivity contribution in [1.29, 1.82) is 0 Å². The van der Waals surface area contributed by atoms with Crippen molar-refractivity contribution in [2.75, 3.05) is 13.7 Å². The topological polar surface area (TPSA) is 60.2 Å². The molecule has 1 aliphatic rings. The minimum atomic E-state index is 0. The van der Waals surface area contributed by atoms with Gasteiger partial charge in [-0.05, 0) is 71.5 Å². The van der Waals surface area contributed by atoms with Crippen LogP contribution in [0.2, 0.25) is 0 Å². The molecule has 2 heterocycles. The molecule has 4 aromatic rings. The Labute approximate surface area is 194 Å². The lowest BCUT2D eigenvalue weighted by atomic mass is 9.94. The van der Waals surface area contributed by atoms with E-state index in [9.17, 15) is 0 Å². The quantitative estimate of drug-likeness (QED) is 0.432. The molecule has 5 rings (SSSR count). The summed E-state index contributed by atoms with van der Waals surface area (Å²) in [5, 5.41) is 7.66. The Morgan fingerprint density at radius 3 is 2.66 bits per heavy atom. The maximum absolute atomic E-state index is 5.63. The average molecular weight is 448 g/mol. The molecule has 1 aliphatic heterocycles. The highest BCUT2D eigenvalue weighted by molar-refractivity contribution is 5.85. The van der Waals surface area contributed by atoms with Crippen LogP contribution in [0.4, 0.5) is 0 Å². The standard InChI is InChI=1S/C26H25N3O2.ClH/c1-17-5-3-4-6-23(17)24-10-9-20(14-22(24)16-30-2)26-28-25(29-31-26)19-8-7-18-11-12-27-15-21(18)13-19;/h3-10,13-14,27H,11-12,15-16H2,1-2H3;1H. The fraction of sp³-hybridized carbons (Fsp3) is 0.231. The number of aromatic nitrogens is 2. The highest BCUT2D eigenvalue weighted by atomic mass is 35.5. The lowest BCUT2D eigenvalue weighted by Gasteiger charge is -2.17. The number of rotatable bonds is 5. The van der Waals surface area contributed by atoms with Crippen LogP contribution in [0.5, 0.6) is 0 Å². The van der Waals surface area contributed by atoms with Gasteiger partial charge in [-0.1, -0.05) is 47.6 Å². The van der Waals surface area contributed by atoms with Crippen molar-refractivity contribution in [3.63, 3.8) is 0 Å². The van der Waals surface area contributed by atoms with Crippen LogP contribution in [0.3, 0.4) is 0 Å². The highest BCUT2D eigenvalue weighted by Crippen LogP contribution is 2.32. The third kappa shape index (κ3) is 4.32. The number of fused-ring (bicyclic) bond motifs is 1. The first-order valence-electron chi connectivity index (χ1n) is 10.6. The van der Waals surface area contributed by atoms with Gasteiger partial charge in [0, 0.05) is 24.8 Å². The zero-order valence-corrected chi connectivity index (χ0v) is 19.0. The number of methoxy groups -OCH3 is 1. The number of hydrogen-bond acceptors (Lipinski definition) is 5. The molecule has 0 atom stereocenters. The summed E-state index contributed by atoms with van der Waals surface area (Å²) in [5.74, 6) is 1.12. The van der Waals surface area contributed by atoms with Crippen LogP contribution in [-0.2, 0) is 24.3 Å². The first-order chi connectivity index (χ1) is 15.2. The molecule has 0 amide bonds. The average Bonchev–Trinajstić information content (AvgIpc) is 3.30. The van der Waals surface area contributed by atoms with E-state index in [1.165, 1.54) is 22.3 Å². The van der Waals surface area contributed by atoms with E-state index in [-0.39, 0.29) is 12.4 Å². The summed E-state index contributed by atoms with van der Waals surface area (Å²) in [5.41, 5.74) is 9.25. The van der Waals surface area contributed by atoms with E-state index in [1.807, 2.05) is 6.07 Å². The second-order valence-electron chi connectivity index (χ2n) is 7.95. The predicted octanol–water partition coefficient (Wildman–Crippen LogP) is 5.59. The molecule has 0 unspecified atom stereocenters. The zero-order valence-electron chi connectivity index (χ0n) is 18.2. The monoisotopic (exact) mass is 447 g/mol. The number of nitrogens with zero attached hydrogens (tertiary/aromatic N) is 2. The van der Waals surface area contributed by atoms with Gasteiger partial charge in [-0.2, -0.15) is 4.98 Å². The first kappa shape index (κ1) is 22.2. The molecule has 0 radical (unpaired) electrons. The Morgan fingerprint density at radius 1 is 0.969 bits per heavy atom. The summed E-state index contributed by atoms with van der Waals surface area (Å²) in [6.07, 6.45) is 1.06. The van der Waals surface area contributed by atoms with Crippen molar-refractivity contribution in [2.45, 2.75) is 26.5 Å². The van der Waals surface area contributed by atoms with Crippen LogP contribution in [0.1, 0.15) is 22.3 Å². The largest absolute Gasteiger partial charge is 0.380 e. The summed E-state index contributed by atoms with van der Waals surface area (Å²) < 4.78 is 11.1. The Balaban J connectivity index is 0.00000245. The molecule has 164 valence electrons. The van der Waals surface area contributed by atoms with E-state index in [0.717, 1.165) is 41.8 Å². The van der Waals surface area contributed by atoms with Gasteiger partial charge < -0.3 is 14.6 Å². The van der Waals surface area contributed by atoms with Gasteiger partial charge in [0.05, 0.1) is 6.61 Å². The van der Waals surface area contributed by atoms with Crippen LogP contribution < -0.4 is 5.32 Å². The van der Waals surface area contributed by atoms with E-state index in [4.69, 9.17) is 9.26 Å². The smallest absolute Gasteiger partial charge is 0.258 e. The molecular weight excluding hydrogens is 422 g/mol. The molecule has 0 aliphatic carbocycles. The van der Waals surface area contributed by atoms with Gasteiger partial charge in [0.1, 0.15) is 0 Å². The minimum absolute atomic E-state index is 0. The number of ether oxygens (including phenoxy) is 1. The second-order valence-corrected chi connectivity index (χ2v) is 7.95. The number of hydrogen-bond donors (Lipinski definition) is 1. The minimum Gasteiger partial charge on any atom is -0.380 e. The fourth-order valence-corrected chi connectivity index (χ4v) is 4.22. The molecule has 5 nitrogen and oxygen atoms in total. The van der Waals surface area contributed by atoms with E-state index in [0.29, 0.717) is 18.3 Å². The summed E-state index contributed by atoms with van der Waals surface area (Å²) >= 11 is 0. The van der Waals surface area contributed by atoms with Crippen LogP contribution >= 0.6 is 12.4 Å². The summed E-state index contributed by atoms with van der Waals surface area (Å²) in [6, 6.07) is 21.0. The summed E-state index contributed by atoms with van der Waals surface area (Å²) in [7, 11) is 1.71. The maximum Gasteiger partial charge on any atom is 0.258 e. The van der Waals surface area contributed by atoms with Crippen molar-refractivity contribution in [2.24, 2.45) is 0 Å². The second kappa shape index (κ2) is 9.65. The molecule has 1 N–H and O–H groups in total. The van der Waals surface area contributed by atoms with E-state index in [1.54, 1.807) is 7.11 Å². The van der Waals surface area contributed by atoms with Gasteiger partial charge in [-0.25, -0.2) is 0 Å². The van der Waals surface area contributed by atoms with Gasteiger partial charge in [-0.15, -0.1) is 12.4 Å². The van der Waals surface area contributed by atoms with E-state index >= 15 is 0 Å². The molecule has 0 bridgehead atoms. The molecule has 32 heavy (non-hydrogen) atoms. The van der Waals surface area contributed by atoms with E-state index < -0.39 is 0 Å². The Kier molecular flexibility index (Phi) is 6.70. The van der Waals surface area contributed by atoms with Crippen LogP contribution in [0, 0.1) is 6.92 Å². The van der Waals surface area contributed by atoms with Crippen molar-refractivity contribution < 1.29 is 9.26 Å². The van der Waals surface area contributed by atoms with Gasteiger partial charge in [0.15, 0.2) is 0 Å². The van der Waals surface area contributed by atoms with E-state index in [2.05, 4.69) is 77.0 Å². The molecule has 0 saturated heterocycles. The lowest BCUT2D eigenvalue weighted by molar-refractivity contribution is 0.185.